The van der Waals surface area contributed by atoms with Gasteiger partial charge in [-0.15, -0.1) is 0 Å². The van der Waals surface area contributed by atoms with Gasteiger partial charge in [0.25, 0.3) is 0 Å². The molecule has 2 rings (SSSR count). The Kier molecular flexibility index (Phi) is 6.09. The molecule has 0 radical (unpaired) electrons. The summed E-state index contributed by atoms with van der Waals surface area (Å²) >= 11 is 0. The molecule has 4 nitrogen and oxygen atoms in total. The van der Waals surface area contributed by atoms with Crippen molar-refractivity contribution in [2.45, 2.75) is 65.5 Å². The summed E-state index contributed by atoms with van der Waals surface area (Å²) < 4.78 is 2.16. The molecule has 1 saturated heterocycles. The van der Waals surface area contributed by atoms with Crippen LogP contribution in [0.25, 0.3) is 0 Å². The Morgan fingerprint density at radius 1 is 1.24 bits per heavy atom. The maximum atomic E-state index is 4.79. The topological polar surface area (TPSA) is 33.1 Å². The van der Waals surface area contributed by atoms with Gasteiger partial charge in [-0.05, 0) is 45.3 Å². The summed E-state index contributed by atoms with van der Waals surface area (Å²) in [5, 5.41) is 8.53. The molecular formula is C17H32N4. The van der Waals surface area contributed by atoms with Gasteiger partial charge in [0.1, 0.15) is 0 Å². The van der Waals surface area contributed by atoms with Crippen molar-refractivity contribution >= 4 is 5.69 Å². The van der Waals surface area contributed by atoms with E-state index in [1.807, 2.05) is 0 Å². The molecule has 1 aromatic rings. The van der Waals surface area contributed by atoms with Gasteiger partial charge in [0.2, 0.25) is 0 Å². The van der Waals surface area contributed by atoms with E-state index in [9.17, 15) is 0 Å². The molecule has 0 saturated carbocycles. The van der Waals surface area contributed by atoms with E-state index >= 15 is 0 Å². The summed E-state index contributed by atoms with van der Waals surface area (Å²) in [6, 6.07) is 0.609. The lowest BCUT2D eigenvalue weighted by Crippen LogP contribution is -2.36. The Balaban J connectivity index is 1.99. The summed E-state index contributed by atoms with van der Waals surface area (Å²) in [6.45, 7) is 10.2. The van der Waals surface area contributed by atoms with E-state index in [0.717, 1.165) is 18.9 Å². The molecule has 0 aliphatic carbocycles. The molecule has 1 N–H and O–H groups in total. The number of nitrogens with zero attached hydrogens (tertiary/aromatic N) is 3. The first-order valence-corrected chi connectivity index (χ1v) is 8.67. The number of aryl methyl sites for hydroxylation is 1. The zero-order chi connectivity index (χ0) is 15.2. The quantitative estimate of drug-likeness (QED) is 0.836. The van der Waals surface area contributed by atoms with Gasteiger partial charge in [0.15, 0.2) is 0 Å². The Morgan fingerprint density at radius 2 is 1.90 bits per heavy atom. The second kappa shape index (κ2) is 7.83. The number of likely N-dealkylation sites (tertiary alicyclic amines) is 1. The summed E-state index contributed by atoms with van der Waals surface area (Å²) in [5.74, 6) is 0.741. The zero-order valence-electron chi connectivity index (χ0n) is 14.2. The van der Waals surface area contributed by atoms with Crippen molar-refractivity contribution in [3.8, 4) is 0 Å². The van der Waals surface area contributed by atoms with E-state index < -0.39 is 0 Å². The molecule has 1 aromatic heterocycles. The number of piperidine rings is 1. The minimum Gasteiger partial charge on any atom is -0.379 e. The minimum absolute atomic E-state index is 0.609. The van der Waals surface area contributed by atoms with Crippen molar-refractivity contribution in [1.82, 2.24) is 14.7 Å². The number of aromatic nitrogens is 2. The molecule has 1 fully saturated rings. The second-order valence-corrected chi connectivity index (χ2v) is 6.47. The van der Waals surface area contributed by atoms with Crippen LogP contribution < -0.4 is 5.32 Å². The average molecular weight is 292 g/mol. The van der Waals surface area contributed by atoms with Crippen molar-refractivity contribution in [1.29, 1.82) is 0 Å². The Hall–Kier alpha value is -1.03. The van der Waals surface area contributed by atoms with Crippen LogP contribution in [0.3, 0.4) is 0 Å². The largest absolute Gasteiger partial charge is 0.379 e. The maximum Gasteiger partial charge on any atom is 0.0853 e. The van der Waals surface area contributed by atoms with Gasteiger partial charge in [-0.1, -0.05) is 33.6 Å². The van der Waals surface area contributed by atoms with Crippen LogP contribution in [0.1, 0.15) is 52.1 Å². The smallest absolute Gasteiger partial charge is 0.0853 e. The molecule has 2 heterocycles. The molecule has 0 spiro atoms. The molecule has 0 aromatic carbocycles. The van der Waals surface area contributed by atoms with Gasteiger partial charge >= 0.3 is 0 Å². The van der Waals surface area contributed by atoms with Crippen LogP contribution in [0.15, 0.2) is 6.20 Å². The second-order valence-electron chi connectivity index (χ2n) is 6.47. The van der Waals surface area contributed by atoms with E-state index in [2.05, 4.69) is 48.9 Å². The fraction of sp³-hybridized carbons (Fsp3) is 0.824. The number of anilines is 1. The molecular weight excluding hydrogens is 260 g/mol. The van der Waals surface area contributed by atoms with E-state index in [1.54, 1.807) is 0 Å². The number of hydrogen-bond donors (Lipinski definition) is 1. The summed E-state index contributed by atoms with van der Waals surface area (Å²) in [7, 11) is 2.21. The average Bonchev–Trinajstić information content (AvgIpc) is 2.88. The standard InChI is InChI=1S/C17H32N4/c1-5-14(6-2)12-21-13-17(16(7-3)19-21)18-15-8-10-20(4)11-9-15/h13-15,18H,5-12H2,1-4H3. The molecule has 1 aliphatic rings. The molecule has 1 aliphatic heterocycles. The number of nitrogens with one attached hydrogen (secondary N) is 1. The lowest BCUT2D eigenvalue weighted by Gasteiger charge is -2.30. The zero-order valence-corrected chi connectivity index (χ0v) is 14.2. The molecule has 0 unspecified atom stereocenters. The minimum atomic E-state index is 0.609. The van der Waals surface area contributed by atoms with E-state index in [0.29, 0.717) is 6.04 Å². The van der Waals surface area contributed by atoms with E-state index in [1.165, 1.54) is 50.2 Å². The predicted molar refractivity (Wildman–Crippen MR) is 89.8 cm³/mol. The highest BCUT2D eigenvalue weighted by molar-refractivity contribution is 5.47. The van der Waals surface area contributed by atoms with Crippen molar-refractivity contribution in [3.05, 3.63) is 11.9 Å². The predicted octanol–water partition coefficient (Wildman–Crippen LogP) is 3.39. The Morgan fingerprint density at radius 3 is 2.48 bits per heavy atom. The van der Waals surface area contributed by atoms with Crippen molar-refractivity contribution in [3.63, 3.8) is 0 Å². The first-order valence-electron chi connectivity index (χ1n) is 8.67. The third kappa shape index (κ3) is 4.47. The molecule has 0 bridgehead atoms. The van der Waals surface area contributed by atoms with Crippen LogP contribution in [0.2, 0.25) is 0 Å². The van der Waals surface area contributed by atoms with E-state index in [-0.39, 0.29) is 0 Å². The highest BCUT2D eigenvalue weighted by atomic mass is 15.3. The Bertz CT molecular complexity index is 414. The number of rotatable bonds is 7. The summed E-state index contributed by atoms with van der Waals surface area (Å²) in [4.78, 5) is 2.41. The van der Waals surface area contributed by atoms with E-state index in [4.69, 9.17) is 5.10 Å². The summed E-state index contributed by atoms with van der Waals surface area (Å²) in [6.07, 6.45) is 8.17. The molecule has 4 heteroatoms. The summed E-state index contributed by atoms with van der Waals surface area (Å²) in [5.41, 5.74) is 2.48. The van der Waals surface area contributed by atoms with Crippen LogP contribution in [-0.4, -0.2) is 40.9 Å². The lowest BCUT2D eigenvalue weighted by molar-refractivity contribution is 0.264. The van der Waals surface area contributed by atoms with Gasteiger partial charge in [-0.2, -0.15) is 5.10 Å². The van der Waals surface area contributed by atoms with Crippen molar-refractivity contribution in [2.24, 2.45) is 5.92 Å². The van der Waals surface area contributed by atoms with Crippen LogP contribution in [-0.2, 0) is 13.0 Å². The third-order valence-electron chi connectivity index (χ3n) is 4.85. The van der Waals surface area contributed by atoms with Gasteiger partial charge in [-0.25, -0.2) is 0 Å². The maximum absolute atomic E-state index is 4.79. The van der Waals surface area contributed by atoms with Crippen molar-refractivity contribution < 1.29 is 0 Å². The first-order chi connectivity index (χ1) is 10.2. The number of hydrogen-bond acceptors (Lipinski definition) is 3. The van der Waals surface area contributed by atoms with Gasteiger partial charge in [-0.3, -0.25) is 4.68 Å². The van der Waals surface area contributed by atoms with Crippen LogP contribution in [0.5, 0.6) is 0 Å². The fourth-order valence-corrected chi connectivity index (χ4v) is 3.12. The van der Waals surface area contributed by atoms with Crippen LogP contribution in [0.4, 0.5) is 5.69 Å². The third-order valence-corrected chi connectivity index (χ3v) is 4.85. The lowest BCUT2D eigenvalue weighted by atomic mass is 10.0. The highest BCUT2D eigenvalue weighted by Crippen LogP contribution is 2.21. The van der Waals surface area contributed by atoms with Gasteiger partial charge in [0.05, 0.1) is 11.4 Å². The monoisotopic (exact) mass is 292 g/mol. The normalized spacial score (nSPS) is 17.6. The molecule has 21 heavy (non-hydrogen) atoms. The molecule has 120 valence electrons. The molecule has 0 amide bonds. The van der Waals surface area contributed by atoms with Crippen molar-refractivity contribution in [2.75, 3.05) is 25.5 Å². The van der Waals surface area contributed by atoms with Gasteiger partial charge in [0, 0.05) is 18.8 Å². The van der Waals surface area contributed by atoms with Crippen LogP contribution in [0, 0.1) is 5.92 Å². The molecule has 0 atom stereocenters. The Labute approximate surface area is 129 Å². The first kappa shape index (κ1) is 16.3. The van der Waals surface area contributed by atoms with Gasteiger partial charge < -0.3 is 10.2 Å². The highest BCUT2D eigenvalue weighted by Gasteiger charge is 2.18. The fourth-order valence-electron chi connectivity index (χ4n) is 3.12. The van der Waals surface area contributed by atoms with Crippen LogP contribution >= 0.6 is 0 Å². The SMILES string of the molecule is CCc1nn(CC(CC)CC)cc1NC1CCN(C)CC1.